The summed E-state index contributed by atoms with van der Waals surface area (Å²) >= 11 is 9.14. The summed E-state index contributed by atoms with van der Waals surface area (Å²) in [6.45, 7) is 1.70. The number of hydrogen-bond donors (Lipinski definition) is 0. The molecule has 0 saturated heterocycles. The van der Waals surface area contributed by atoms with Crippen LogP contribution in [-0.2, 0) is 0 Å². The highest BCUT2D eigenvalue weighted by Gasteiger charge is 2.12. The van der Waals surface area contributed by atoms with Gasteiger partial charge in [0.2, 0.25) is 5.88 Å². The van der Waals surface area contributed by atoms with Crippen LogP contribution in [0.3, 0.4) is 0 Å². The van der Waals surface area contributed by atoms with Gasteiger partial charge in [-0.3, -0.25) is 10.1 Å². The van der Waals surface area contributed by atoms with Gasteiger partial charge in [0.25, 0.3) is 5.69 Å². The minimum atomic E-state index is -0.523. The first-order chi connectivity index (χ1) is 8.95. The average molecular weight is 345 g/mol. The van der Waals surface area contributed by atoms with Gasteiger partial charge in [0.05, 0.1) is 16.0 Å². The third kappa shape index (κ3) is 3.39. The Morgan fingerprint density at radius 3 is 2.74 bits per heavy atom. The predicted molar refractivity (Wildman–Crippen MR) is 72.6 cm³/mol. The van der Waals surface area contributed by atoms with E-state index in [0.717, 1.165) is 0 Å². The number of non-ortho nitro benzene ring substituents is 1. The lowest BCUT2D eigenvalue weighted by Gasteiger charge is -2.07. The van der Waals surface area contributed by atoms with Crippen molar-refractivity contribution in [1.29, 1.82) is 0 Å². The van der Waals surface area contributed by atoms with Crippen molar-refractivity contribution in [2.24, 2.45) is 0 Å². The Hall–Kier alpha value is -1.73. The van der Waals surface area contributed by atoms with Crippen molar-refractivity contribution >= 4 is 33.2 Å². The zero-order valence-corrected chi connectivity index (χ0v) is 12.0. The summed E-state index contributed by atoms with van der Waals surface area (Å²) in [5.41, 5.74) is -0.107. The first kappa shape index (κ1) is 13.7. The van der Waals surface area contributed by atoms with Crippen molar-refractivity contribution in [3.05, 3.63) is 49.8 Å². The minimum Gasteiger partial charge on any atom is -0.437 e. The first-order valence-corrected chi connectivity index (χ1v) is 6.26. The van der Waals surface area contributed by atoms with Crippen LogP contribution in [0.15, 0.2) is 28.9 Å². The lowest BCUT2D eigenvalue weighted by molar-refractivity contribution is -0.384. The van der Waals surface area contributed by atoms with Crippen molar-refractivity contribution in [3.8, 4) is 11.6 Å². The molecule has 0 radical (unpaired) electrons. The molecule has 0 atom stereocenters. The molecule has 1 aromatic heterocycles. The zero-order chi connectivity index (χ0) is 14.0. The molecule has 19 heavy (non-hydrogen) atoms. The van der Waals surface area contributed by atoms with E-state index < -0.39 is 4.92 Å². The zero-order valence-electron chi connectivity index (χ0n) is 9.63. The van der Waals surface area contributed by atoms with Gasteiger partial charge >= 0.3 is 0 Å². The molecule has 0 aliphatic rings. The summed E-state index contributed by atoms with van der Waals surface area (Å²) in [5, 5.41) is 11.0. The fourth-order valence-corrected chi connectivity index (χ4v) is 1.96. The number of ether oxygens (including phenoxy) is 1. The number of aryl methyl sites for hydroxylation is 1. The lowest BCUT2D eigenvalue weighted by Crippen LogP contribution is -1.95. The van der Waals surface area contributed by atoms with E-state index in [1.54, 1.807) is 13.0 Å². The van der Waals surface area contributed by atoms with Crippen molar-refractivity contribution in [1.82, 2.24) is 9.97 Å². The van der Waals surface area contributed by atoms with Gasteiger partial charge < -0.3 is 4.74 Å². The third-order valence-corrected chi connectivity index (χ3v) is 2.84. The van der Waals surface area contributed by atoms with Gasteiger partial charge in [-0.2, -0.15) is 4.98 Å². The Morgan fingerprint density at radius 1 is 1.37 bits per heavy atom. The van der Waals surface area contributed by atoms with Crippen LogP contribution in [-0.4, -0.2) is 14.9 Å². The molecule has 6 nitrogen and oxygen atoms in total. The Bertz CT molecular complexity index is 631. The van der Waals surface area contributed by atoms with Crippen molar-refractivity contribution in [2.45, 2.75) is 6.92 Å². The molecule has 1 heterocycles. The number of rotatable bonds is 3. The monoisotopic (exact) mass is 343 g/mol. The number of halogens is 2. The van der Waals surface area contributed by atoms with Gasteiger partial charge in [0.15, 0.2) is 5.75 Å². The molecule has 0 aliphatic heterocycles. The van der Waals surface area contributed by atoms with Gasteiger partial charge in [-0.1, -0.05) is 11.6 Å². The Balaban J connectivity index is 2.37. The second-order valence-corrected chi connectivity index (χ2v) is 4.77. The Morgan fingerprint density at radius 2 is 2.11 bits per heavy atom. The molecule has 0 fully saturated rings. The van der Waals surface area contributed by atoms with Crippen LogP contribution in [0.1, 0.15) is 5.82 Å². The van der Waals surface area contributed by atoms with Crippen molar-refractivity contribution < 1.29 is 9.66 Å². The highest BCUT2D eigenvalue weighted by molar-refractivity contribution is 9.10. The van der Waals surface area contributed by atoms with Gasteiger partial charge in [-0.15, -0.1) is 0 Å². The number of benzene rings is 1. The fourth-order valence-electron chi connectivity index (χ4n) is 1.35. The van der Waals surface area contributed by atoms with Gasteiger partial charge in [-0.25, -0.2) is 4.98 Å². The van der Waals surface area contributed by atoms with Gasteiger partial charge in [0.1, 0.15) is 10.4 Å². The van der Waals surface area contributed by atoms with Crippen LogP contribution < -0.4 is 4.74 Å². The van der Waals surface area contributed by atoms with E-state index in [1.165, 1.54) is 18.2 Å². The molecule has 0 aliphatic carbocycles. The number of nitrogens with zero attached hydrogens (tertiary/aromatic N) is 3. The highest BCUT2D eigenvalue weighted by Crippen LogP contribution is 2.32. The summed E-state index contributed by atoms with van der Waals surface area (Å²) < 4.78 is 6.00. The second kappa shape index (κ2) is 5.50. The topological polar surface area (TPSA) is 78.2 Å². The van der Waals surface area contributed by atoms with Crippen molar-refractivity contribution in [2.75, 3.05) is 0 Å². The summed E-state index contributed by atoms with van der Waals surface area (Å²) in [5.74, 6) is 0.925. The molecule has 0 amide bonds. The summed E-state index contributed by atoms with van der Waals surface area (Å²) in [6, 6.07) is 5.49. The number of nitro benzene ring substituents is 1. The van der Waals surface area contributed by atoms with E-state index in [4.69, 9.17) is 16.3 Å². The highest BCUT2D eigenvalue weighted by atomic mass is 79.9. The summed E-state index contributed by atoms with van der Waals surface area (Å²) in [6.07, 6.45) is 0. The molecular formula is C11H7BrClN3O3. The van der Waals surface area contributed by atoms with Crippen LogP contribution in [0, 0.1) is 17.0 Å². The number of hydrogen-bond acceptors (Lipinski definition) is 5. The van der Waals surface area contributed by atoms with E-state index in [2.05, 4.69) is 25.9 Å². The van der Waals surface area contributed by atoms with Crippen LogP contribution in [0.25, 0.3) is 0 Å². The quantitative estimate of drug-likeness (QED) is 0.479. The molecule has 2 rings (SSSR count). The summed E-state index contributed by atoms with van der Waals surface area (Å²) in [7, 11) is 0. The maximum Gasteiger partial charge on any atom is 0.273 e. The van der Waals surface area contributed by atoms with Crippen LogP contribution in [0.4, 0.5) is 5.69 Å². The summed E-state index contributed by atoms with van der Waals surface area (Å²) in [4.78, 5) is 18.3. The SMILES string of the molecule is Cc1nc(Br)cc(Oc2cc([N+](=O)[O-])ccc2Cl)n1. The number of aromatic nitrogens is 2. The standard InChI is InChI=1S/C11H7BrClN3O3/c1-6-14-10(12)5-11(15-6)19-9-4-7(16(17)18)2-3-8(9)13/h2-5H,1H3. The van der Waals surface area contributed by atoms with Crippen LogP contribution in [0.2, 0.25) is 5.02 Å². The normalized spacial score (nSPS) is 10.3. The third-order valence-electron chi connectivity index (χ3n) is 2.12. The maximum absolute atomic E-state index is 10.7. The average Bonchev–Trinajstić information content (AvgIpc) is 2.30. The molecule has 0 N–H and O–H groups in total. The lowest BCUT2D eigenvalue weighted by atomic mass is 10.3. The Labute approximate surface area is 121 Å². The van der Waals surface area contributed by atoms with E-state index in [9.17, 15) is 10.1 Å². The largest absolute Gasteiger partial charge is 0.437 e. The van der Waals surface area contributed by atoms with Crippen LogP contribution >= 0.6 is 27.5 Å². The minimum absolute atomic E-state index is 0.107. The van der Waals surface area contributed by atoms with Crippen molar-refractivity contribution in [3.63, 3.8) is 0 Å². The molecular weight excluding hydrogens is 337 g/mol. The van der Waals surface area contributed by atoms with Gasteiger partial charge in [-0.05, 0) is 28.9 Å². The van der Waals surface area contributed by atoms with E-state index in [1.807, 2.05) is 0 Å². The molecule has 0 bridgehead atoms. The second-order valence-electron chi connectivity index (χ2n) is 3.55. The van der Waals surface area contributed by atoms with E-state index >= 15 is 0 Å². The molecule has 0 unspecified atom stereocenters. The van der Waals surface area contributed by atoms with Gasteiger partial charge in [0, 0.05) is 12.1 Å². The molecule has 0 spiro atoms. The first-order valence-electron chi connectivity index (χ1n) is 5.08. The maximum atomic E-state index is 10.7. The van der Waals surface area contributed by atoms with Crippen LogP contribution in [0.5, 0.6) is 11.6 Å². The molecule has 1 aromatic carbocycles. The molecule has 2 aromatic rings. The molecule has 8 heteroatoms. The Kier molecular flexibility index (Phi) is 3.96. The molecule has 0 saturated carbocycles. The number of nitro groups is 1. The van der Waals surface area contributed by atoms with E-state index in [-0.39, 0.29) is 22.3 Å². The smallest absolute Gasteiger partial charge is 0.273 e. The molecule has 98 valence electrons. The predicted octanol–water partition coefficient (Wildman–Crippen LogP) is 3.90. The fraction of sp³-hybridized carbons (Fsp3) is 0.0909. The van der Waals surface area contributed by atoms with E-state index in [0.29, 0.717) is 10.4 Å².